The molecule has 3 nitrogen and oxygen atoms in total. The second-order valence-corrected chi connectivity index (χ2v) is 7.45. The lowest BCUT2D eigenvalue weighted by Crippen LogP contribution is -2.39. The smallest absolute Gasteiger partial charge is 0.161 e. The van der Waals surface area contributed by atoms with Gasteiger partial charge in [0.1, 0.15) is 0 Å². The number of nitrogens with zero attached hydrogens (tertiary/aromatic N) is 1. The van der Waals surface area contributed by atoms with Crippen LogP contribution >= 0.6 is 0 Å². The highest BCUT2D eigenvalue weighted by Gasteiger charge is 2.40. The molecule has 3 rings (SSSR count). The largest absolute Gasteiger partial charge is 0.350 e. The number of allylic oxidation sites excluding steroid dienone is 2. The van der Waals surface area contributed by atoms with Gasteiger partial charge >= 0.3 is 0 Å². The minimum Gasteiger partial charge on any atom is -0.350 e. The van der Waals surface area contributed by atoms with Crippen LogP contribution in [0.25, 0.3) is 0 Å². The minimum absolute atomic E-state index is 0.00846. The number of hydrogen-bond acceptors (Lipinski definition) is 3. The Bertz CT molecular complexity index is 375. The zero-order valence-corrected chi connectivity index (χ0v) is 13.9. The first kappa shape index (κ1) is 15.5. The topological polar surface area (TPSA) is 21.7 Å². The summed E-state index contributed by atoms with van der Waals surface area (Å²) in [6.45, 7) is 11.2. The van der Waals surface area contributed by atoms with E-state index in [2.05, 4.69) is 31.7 Å². The molecule has 2 fully saturated rings. The molecular formula is C18H31NO2. The summed E-state index contributed by atoms with van der Waals surface area (Å²) in [5, 5.41) is 0. The molecule has 3 aliphatic rings. The van der Waals surface area contributed by atoms with Crippen LogP contribution in [0.5, 0.6) is 0 Å². The summed E-state index contributed by atoms with van der Waals surface area (Å²) in [5.41, 5.74) is 1.52. The lowest BCUT2D eigenvalue weighted by molar-refractivity contribution is -0.123. The van der Waals surface area contributed by atoms with Crippen molar-refractivity contribution in [2.75, 3.05) is 26.2 Å². The maximum absolute atomic E-state index is 6.29. The van der Waals surface area contributed by atoms with Crippen molar-refractivity contribution in [2.45, 2.75) is 58.8 Å². The summed E-state index contributed by atoms with van der Waals surface area (Å²) in [4.78, 5) is 2.55. The van der Waals surface area contributed by atoms with Crippen LogP contribution in [0.4, 0.5) is 0 Å². The van der Waals surface area contributed by atoms with Crippen LogP contribution in [0.15, 0.2) is 11.6 Å². The number of piperidine rings is 1. The van der Waals surface area contributed by atoms with Gasteiger partial charge in [0.15, 0.2) is 6.29 Å². The average Bonchev–Trinajstić information content (AvgIpc) is 2.87. The Morgan fingerprint density at radius 1 is 1.19 bits per heavy atom. The van der Waals surface area contributed by atoms with Crippen LogP contribution in [-0.4, -0.2) is 43.5 Å². The number of ether oxygens (including phenoxy) is 2. The molecule has 0 bridgehead atoms. The van der Waals surface area contributed by atoms with Gasteiger partial charge in [0.25, 0.3) is 0 Å². The van der Waals surface area contributed by atoms with E-state index in [4.69, 9.17) is 9.47 Å². The highest BCUT2D eigenvalue weighted by atomic mass is 16.7. The van der Waals surface area contributed by atoms with Gasteiger partial charge in [-0.3, -0.25) is 0 Å². The second kappa shape index (κ2) is 6.80. The molecule has 1 aliphatic carbocycles. The van der Waals surface area contributed by atoms with Gasteiger partial charge in [-0.05, 0) is 51.1 Å². The molecule has 0 saturated carbocycles. The molecule has 0 aromatic carbocycles. The van der Waals surface area contributed by atoms with Crippen LogP contribution in [0.1, 0.15) is 46.5 Å². The lowest BCUT2D eigenvalue weighted by atomic mass is 9.74. The molecule has 0 N–H and O–H groups in total. The Morgan fingerprint density at radius 2 is 1.95 bits per heavy atom. The number of hydrogen-bond donors (Lipinski definition) is 0. The summed E-state index contributed by atoms with van der Waals surface area (Å²) in [6, 6.07) is 0. The standard InChI is InChI=1S/C18H31NO2/c1-13-9-14(2)17(15(3)10-13)18-20-12-16(21-18)11-19-7-5-4-6-8-19/h9,14-18H,4-8,10-12H2,1-3H3/t14-,15-,16+,17+,18-/m1/s1. The first-order valence-electron chi connectivity index (χ1n) is 8.80. The van der Waals surface area contributed by atoms with Crippen molar-refractivity contribution < 1.29 is 9.47 Å². The van der Waals surface area contributed by atoms with E-state index in [0.717, 1.165) is 13.2 Å². The van der Waals surface area contributed by atoms with Gasteiger partial charge in [-0.25, -0.2) is 0 Å². The summed E-state index contributed by atoms with van der Waals surface area (Å²) in [5.74, 6) is 1.73. The van der Waals surface area contributed by atoms with Crippen molar-refractivity contribution in [2.24, 2.45) is 17.8 Å². The monoisotopic (exact) mass is 293 g/mol. The molecule has 2 heterocycles. The van der Waals surface area contributed by atoms with E-state index in [1.54, 1.807) is 0 Å². The predicted octanol–water partition coefficient (Wildman–Crippen LogP) is 3.45. The van der Waals surface area contributed by atoms with Crippen LogP contribution in [-0.2, 0) is 9.47 Å². The normalized spacial score (nSPS) is 42.0. The molecule has 5 atom stereocenters. The van der Waals surface area contributed by atoms with E-state index >= 15 is 0 Å². The maximum atomic E-state index is 6.29. The third-order valence-corrected chi connectivity index (χ3v) is 5.45. The van der Waals surface area contributed by atoms with E-state index in [1.807, 2.05) is 0 Å². The average molecular weight is 293 g/mol. The van der Waals surface area contributed by atoms with Crippen molar-refractivity contribution >= 4 is 0 Å². The van der Waals surface area contributed by atoms with Gasteiger partial charge in [-0.15, -0.1) is 0 Å². The van der Waals surface area contributed by atoms with Crippen molar-refractivity contribution in [1.82, 2.24) is 4.90 Å². The summed E-state index contributed by atoms with van der Waals surface area (Å²) < 4.78 is 12.3. The van der Waals surface area contributed by atoms with Gasteiger partial charge in [-0.2, -0.15) is 0 Å². The Balaban J connectivity index is 1.54. The molecule has 0 spiro atoms. The van der Waals surface area contributed by atoms with Gasteiger partial charge < -0.3 is 14.4 Å². The number of rotatable bonds is 3. The molecule has 0 aromatic heterocycles. The fourth-order valence-electron chi connectivity index (χ4n) is 4.50. The van der Waals surface area contributed by atoms with E-state index in [0.29, 0.717) is 17.8 Å². The molecule has 2 aliphatic heterocycles. The third kappa shape index (κ3) is 3.69. The van der Waals surface area contributed by atoms with E-state index in [1.165, 1.54) is 44.3 Å². The second-order valence-electron chi connectivity index (χ2n) is 7.45. The highest BCUT2D eigenvalue weighted by molar-refractivity contribution is 5.09. The maximum Gasteiger partial charge on any atom is 0.161 e. The van der Waals surface area contributed by atoms with Crippen LogP contribution in [0.3, 0.4) is 0 Å². The van der Waals surface area contributed by atoms with Crippen LogP contribution < -0.4 is 0 Å². The SMILES string of the molecule is CC1=C[C@@H](C)[C@H]([C@@H]2OC[C@H](CN3CCCCC3)O2)[C@H](C)C1. The fourth-order valence-corrected chi connectivity index (χ4v) is 4.50. The molecule has 0 radical (unpaired) electrons. The zero-order chi connectivity index (χ0) is 14.8. The minimum atomic E-state index is 0.00846. The van der Waals surface area contributed by atoms with E-state index in [9.17, 15) is 0 Å². The first-order valence-corrected chi connectivity index (χ1v) is 8.80. The summed E-state index contributed by atoms with van der Waals surface area (Å²) in [7, 11) is 0. The molecule has 0 unspecified atom stereocenters. The Hall–Kier alpha value is -0.380. The molecule has 3 heteroatoms. The van der Waals surface area contributed by atoms with Gasteiger partial charge in [0.05, 0.1) is 12.7 Å². The van der Waals surface area contributed by atoms with Gasteiger partial charge in [0.2, 0.25) is 0 Å². The zero-order valence-electron chi connectivity index (χ0n) is 13.9. The lowest BCUT2D eigenvalue weighted by Gasteiger charge is -2.36. The van der Waals surface area contributed by atoms with Crippen molar-refractivity contribution in [3.8, 4) is 0 Å². The fraction of sp³-hybridized carbons (Fsp3) is 0.889. The predicted molar refractivity (Wildman–Crippen MR) is 85.1 cm³/mol. The molecule has 21 heavy (non-hydrogen) atoms. The van der Waals surface area contributed by atoms with E-state index < -0.39 is 0 Å². The Kier molecular flexibility index (Phi) is 5.03. The van der Waals surface area contributed by atoms with Crippen molar-refractivity contribution in [3.63, 3.8) is 0 Å². The number of likely N-dealkylation sites (tertiary alicyclic amines) is 1. The molecular weight excluding hydrogens is 262 g/mol. The molecule has 0 aromatic rings. The van der Waals surface area contributed by atoms with Gasteiger partial charge in [-0.1, -0.05) is 31.9 Å². The van der Waals surface area contributed by atoms with Crippen molar-refractivity contribution in [1.29, 1.82) is 0 Å². The molecule has 120 valence electrons. The Morgan fingerprint density at radius 3 is 2.67 bits per heavy atom. The van der Waals surface area contributed by atoms with E-state index in [-0.39, 0.29) is 12.4 Å². The van der Waals surface area contributed by atoms with Crippen molar-refractivity contribution in [3.05, 3.63) is 11.6 Å². The quantitative estimate of drug-likeness (QED) is 0.744. The highest BCUT2D eigenvalue weighted by Crippen LogP contribution is 2.39. The molecule has 0 amide bonds. The van der Waals surface area contributed by atoms with Crippen LogP contribution in [0.2, 0.25) is 0 Å². The Labute approximate surface area is 129 Å². The summed E-state index contributed by atoms with van der Waals surface area (Å²) >= 11 is 0. The summed E-state index contributed by atoms with van der Waals surface area (Å²) in [6.07, 6.45) is 7.97. The van der Waals surface area contributed by atoms with Crippen LogP contribution in [0, 0.1) is 17.8 Å². The van der Waals surface area contributed by atoms with Gasteiger partial charge in [0, 0.05) is 12.5 Å². The third-order valence-electron chi connectivity index (χ3n) is 5.45. The first-order chi connectivity index (χ1) is 10.1. The molecule has 2 saturated heterocycles.